The third kappa shape index (κ3) is 3.67. The van der Waals surface area contributed by atoms with Gasteiger partial charge in [0.05, 0.1) is 16.2 Å². The summed E-state index contributed by atoms with van der Waals surface area (Å²) in [7, 11) is -4.04. The number of carbonyl (C=O) groups excluding carboxylic acids is 1. The van der Waals surface area contributed by atoms with Gasteiger partial charge in [0.1, 0.15) is 4.90 Å². The monoisotopic (exact) mass is 381 g/mol. The molecule has 10 heteroatoms. The summed E-state index contributed by atoms with van der Waals surface area (Å²) in [6.45, 7) is 1.34. The predicted octanol–water partition coefficient (Wildman–Crippen LogP) is 2.53. The van der Waals surface area contributed by atoms with Crippen molar-refractivity contribution in [1.82, 2.24) is 4.98 Å². The molecule has 1 heterocycles. The van der Waals surface area contributed by atoms with Crippen LogP contribution in [0.25, 0.3) is 11.1 Å². The molecule has 130 valence electrons. The van der Waals surface area contributed by atoms with Gasteiger partial charge in [0.15, 0.2) is 5.58 Å². The van der Waals surface area contributed by atoms with Gasteiger partial charge in [0.2, 0.25) is 5.91 Å². The first-order chi connectivity index (χ1) is 11.7. The Hall–Kier alpha value is -2.78. The van der Waals surface area contributed by atoms with Crippen molar-refractivity contribution in [3.05, 3.63) is 52.0 Å². The quantitative estimate of drug-likeness (QED) is 0.641. The van der Waals surface area contributed by atoms with Crippen molar-refractivity contribution in [3.8, 4) is 0 Å². The number of aromatic nitrogens is 1. The van der Waals surface area contributed by atoms with E-state index >= 15 is 0 Å². The SMILES string of the molecule is CC(=O)Nc1cccc(NS(=O)(=O)c2cc3oc(=O)[nH]c3cc2Cl)c1. The minimum Gasteiger partial charge on any atom is -0.408 e. The summed E-state index contributed by atoms with van der Waals surface area (Å²) < 4.78 is 32.4. The van der Waals surface area contributed by atoms with Gasteiger partial charge in [-0.15, -0.1) is 0 Å². The van der Waals surface area contributed by atoms with Crippen LogP contribution < -0.4 is 15.8 Å². The van der Waals surface area contributed by atoms with E-state index in [1.165, 1.54) is 25.1 Å². The molecule has 0 fully saturated rings. The van der Waals surface area contributed by atoms with Crippen molar-refractivity contribution in [3.63, 3.8) is 0 Å². The Bertz CT molecular complexity index is 1130. The van der Waals surface area contributed by atoms with E-state index in [0.29, 0.717) is 11.2 Å². The maximum atomic E-state index is 12.6. The molecule has 0 aliphatic heterocycles. The van der Waals surface area contributed by atoms with Gasteiger partial charge >= 0.3 is 5.76 Å². The molecule has 0 bridgehead atoms. The summed E-state index contributed by atoms with van der Waals surface area (Å²) in [5.74, 6) is -0.993. The van der Waals surface area contributed by atoms with E-state index in [1.807, 2.05) is 0 Å². The molecule has 0 aliphatic carbocycles. The molecule has 2 aromatic carbocycles. The molecule has 8 nitrogen and oxygen atoms in total. The maximum Gasteiger partial charge on any atom is 0.417 e. The number of rotatable bonds is 4. The van der Waals surface area contributed by atoms with Crippen LogP contribution in [-0.4, -0.2) is 19.3 Å². The zero-order valence-electron chi connectivity index (χ0n) is 12.8. The molecule has 0 unspecified atom stereocenters. The number of anilines is 2. The number of carbonyl (C=O) groups is 1. The summed E-state index contributed by atoms with van der Waals surface area (Å²) >= 11 is 6.02. The fraction of sp³-hybridized carbons (Fsp3) is 0.0667. The molecule has 1 amide bonds. The number of H-pyrrole nitrogens is 1. The molecular weight excluding hydrogens is 370 g/mol. The molecule has 0 aliphatic rings. The van der Waals surface area contributed by atoms with Crippen molar-refractivity contribution in [1.29, 1.82) is 0 Å². The van der Waals surface area contributed by atoms with E-state index in [2.05, 4.69) is 15.0 Å². The first kappa shape index (κ1) is 17.1. The Labute approximate surface area is 146 Å². The number of hydrogen-bond acceptors (Lipinski definition) is 5. The fourth-order valence-electron chi connectivity index (χ4n) is 2.23. The minimum atomic E-state index is -4.04. The summed E-state index contributed by atoms with van der Waals surface area (Å²) in [6, 6.07) is 8.64. The molecule has 0 atom stereocenters. The molecule has 25 heavy (non-hydrogen) atoms. The van der Waals surface area contributed by atoms with Crippen LogP contribution in [-0.2, 0) is 14.8 Å². The first-order valence-electron chi connectivity index (χ1n) is 6.97. The lowest BCUT2D eigenvalue weighted by atomic mass is 10.3. The van der Waals surface area contributed by atoms with Crippen LogP contribution in [0.3, 0.4) is 0 Å². The smallest absolute Gasteiger partial charge is 0.408 e. The lowest BCUT2D eigenvalue weighted by Gasteiger charge is -2.11. The van der Waals surface area contributed by atoms with Crippen LogP contribution in [0.2, 0.25) is 5.02 Å². The van der Waals surface area contributed by atoms with Gasteiger partial charge in [0.25, 0.3) is 10.0 Å². The second kappa shape index (κ2) is 6.26. The largest absolute Gasteiger partial charge is 0.417 e. The van der Waals surface area contributed by atoms with Crippen LogP contribution in [0, 0.1) is 0 Å². The maximum absolute atomic E-state index is 12.6. The Kier molecular flexibility index (Phi) is 4.27. The van der Waals surface area contributed by atoms with Crippen molar-refractivity contribution >= 4 is 50.0 Å². The molecule has 0 saturated heterocycles. The third-order valence-corrected chi connectivity index (χ3v) is 5.04. The Morgan fingerprint density at radius 3 is 2.64 bits per heavy atom. The minimum absolute atomic E-state index is 0.0711. The highest BCUT2D eigenvalue weighted by Gasteiger charge is 2.20. The molecule has 3 N–H and O–H groups in total. The van der Waals surface area contributed by atoms with Crippen molar-refractivity contribution in [2.24, 2.45) is 0 Å². The predicted molar refractivity (Wildman–Crippen MR) is 93.4 cm³/mol. The van der Waals surface area contributed by atoms with Gasteiger partial charge in [-0.2, -0.15) is 0 Å². The fourth-order valence-corrected chi connectivity index (χ4v) is 3.83. The summed E-state index contributed by atoms with van der Waals surface area (Å²) in [6.07, 6.45) is 0. The highest BCUT2D eigenvalue weighted by atomic mass is 35.5. The molecule has 3 rings (SSSR count). The second-order valence-electron chi connectivity index (χ2n) is 5.16. The Morgan fingerprint density at radius 2 is 1.92 bits per heavy atom. The number of fused-ring (bicyclic) bond motifs is 1. The second-order valence-corrected chi connectivity index (χ2v) is 7.22. The number of amides is 1. The molecule has 0 saturated carbocycles. The third-order valence-electron chi connectivity index (χ3n) is 3.20. The summed E-state index contributed by atoms with van der Waals surface area (Å²) in [5.41, 5.74) is 1.03. The van der Waals surface area contributed by atoms with Gasteiger partial charge < -0.3 is 9.73 Å². The number of oxazole rings is 1. The van der Waals surface area contributed by atoms with Gasteiger partial charge in [-0.05, 0) is 24.3 Å². The average molecular weight is 382 g/mol. The van der Waals surface area contributed by atoms with E-state index in [4.69, 9.17) is 16.0 Å². The van der Waals surface area contributed by atoms with Gasteiger partial charge in [-0.25, -0.2) is 13.2 Å². The number of aromatic amines is 1. The summed E-state index contributed by atoms with van der Waals surface area (Å²) in [5, 5.41) is 2.48. The van der Waals surface area contributed by atoms with Crippen LogP contribution in [0.5, 0.6) is 0 Å². The number of halogens is 1. The highest BCUT2D eigenvalue weighted by Crippen LogP contribution is 2.28. The van der Waals surface area contributed by atoms with Crippen LogP contribution in [0.15, 0.2) is 50.5 Å². The van der Waals surface area contributed by atoms with Gasteiger partial charge in [-0.3, -0.25) is 14.5 Å². The average Bonchev–Trinajstić information content (AvgIpc) is 2.84. The molecule has 0 radical (unpaired) electrons. The Balaban J connectivity index is 1.98. The summed E-state index contributed by atoms with van der Waals surface area (Å²) in [4.78, 5) is 24.5. The molecule has 1 aromatic heterocycles. The van der Waals surface area contributed by atoms with Crippen LogP contribution in [0.4, 0.5) is 11.4 Å². The normalized spacial score (nSPS) is 11.4. The first-order valence-corrected chi connectivity index (χ1v) is 8.83. The van der Waals surface area contributed by atoms with E-state index in [-0.39, 0.29) is 27.1 Å². The number of sulfonamides is 1. The number of nitrogens with one attached hydrogen (secondary N) is 3. The topological polar surface area (TPSA) is 121 Å². The number of hydrogen-bond donors (Lipinski definition) is 3. The zero-order chi connectivity index (χ0) is 18.2. The van der Waals surface area contributed by atoms with Crippen LogP contribution >= 0.6 is 11.6 Å². The van der Waals surface area contributed by atoms with E-state index < -0.39 is 15.8 Å². The highest BCUT2D eigenvalue weighted by molar-refractivity contribution is 7.92. The number of benzene rings is 2. The van der Waals surface area contributed by atoms with E-state index in [9.17, 15) is 18.0 Å². The molecule has 3 aromatic rings. The van der Waals surface area contributed by atoms with Crippen molar-refractivity contribution in [2.45, 2.75) is 11.8 Å². The van der Waals surface area contributed by atoms with E-state index in [0.717, 1.165) is 6.07 Å². The molecule has 0 spiro atoms. The zero-order valence-corrected chi connectivity index (χ0v) is 14.4. The van der Waals surface area contributed by atoms with Crippen molar-refractivity contribution in [2.75, 3.05) is 10.0 Å². The lowest BCUT2D eigenvalue weighted by molar-refractivity contribution is -0.114. The van der Waals surface area contributed by atoms with Crippen LogP contribution in [0.1, 0.15) is 6.92 Å². The standard InChI is InChI=1S/C15H12ClN3O5S/c1-8(20)17-9-3-2-4-10(5-9)19-25(22,23)14-7-13-12(6-11(14)16)18-15(21)24-13/h2-7,19H,1H3,(H,17,20)(H,18,21). The van der Waals surface area contributed by atoms with Crippen molar-refractivity contribution < 1.29 is 17.6 Å². The Morgan fingerprint density at radius 1 is 1.20 bits per heavy atom. The molecular formula is C15H12ClN3O5S. The lowest BCUT2D eigenvalue weighted by Crippen LogP contribution is -2.14. The van der Waals surface area contributed by atoms with Gasteiger partial charge in [-0.1, -0.05) is 17.7 Å². The van der Waals surface area contributed by atoms with Gasteiger partial charge in [0, 0.05) is 18.7 Å². The van der Waals surface area contributed by atoms with E-state index in [1.54, 1.807) is 12.1 Å².